The van der Waals surface area contributed by atoms with E-state index in [1.807, 2.05) is 0 Å². The first-order chi connectivity index (χ1) is 12.2. The van der Waals surface area contributed by atoms with Gasteiger partial charge < -0.3 is 4.74 Å². The zero-order chi connectivity index (χ0) is 18.9. The molecular weight excluding hydrogens is 350 g/mol. The van der Waals surface area contributed by atoms with Crippen molar-refractivity contribution in [3.8, 4) is 11.1 Å². The third kappa shape index (κ3) is 4.00. The van der Waals surface area contributed by atoms with Crippen LogP contribution >= 0.6 is 0 Å². The van der Waals surface area contributed by atoms with E-state index >= 15 is 0 Å². The molecule has 0 atom stereocenters. The van der Waals surface area contributed by atoms with E-state index in [1.165, 1.54) is 0 Å². The summed E-state index contributed by atoms with van der Waals surface area (Å²) in [4.78, 5) is 11.1. The van der Waals surface area contributed by atoms with Gasteiger partial charge in [-0.25, -0.2) is 4.68 Å². The molecule has 0 N–H and O–H groups in total. The first kappa shape index (κ1) is 18.3. The van der Waals surface area contributed by atoms with Gasteiger partial charge in [0.15, 0.2) is 0 Å². The second-order valence-electron chi connectivity index (χ2n) is 7.58. The summed E-state index contributed by atoms with van der Waals surface area (Å²) in [6.07, 6.45) is 5.02. The minimum Gasteiger partial charge on any atom is -0.360 e. The van der Waals surface area contributed by atoms with Crippen LogP contribution in [0.3, 0.4) is 0 Å². The zero-order valence-corrected chi connectivity index (χ0v) is 16.5. The number of benzene rings is 1. The molecule has 138 valence electrons. The molecule has 3 rings (SSSR count). The summed E-state index contributed by atoms with van der Waals surface area (Å²) in [7, 11) is 0.640. The van der Waals surface area contributed by atoms with Gasteiger partial charge in [0.05, 0.1) is 28.4 Å². The topological polar surface area (TPSA) is 88.0 Å². The van der Waals surface area contributed by atoms with E-state index < -0.39 is 8.07 Å². The Morgan fingerprint density at radius 1 is 1.23 bits per heavy atom. The number of hydrogen-bond acceptors (Lipinski definition) is 5. The fraction of sp³-hybridized carbons (Fsp3) is 0.412. The number of nitro benzene ring substituents is 1. The molecule has 0 radical (unpaired) electrons. The van der Waals surface area contributed by atoms with E-state index in [0.29, 0.717) is 24.5 Å². The Bertz CT molecular complexity index is 942. The van der Waals surface area contributed by atoms with Gasteiger partial charge in [-0.15, -0.1) is 0 Å². The molecule has 0 saturated heterocycles. The van der Waals surface area contributed by atoms with Gasteiger partial charge >= 0.3 is 0 Å². The average Bonchev–Trinajstić information content (AvgIpc) is 3.15. The molecule has 0 aliphatic heterocycles. The summed E-state index contributed by atoms with van der Waals surface area (Å²) < 4.78 is 9.14. The Morgan fingerprint density at radius 2 is 2.00 bits per heavy atom. The highest BCUT2D eigenvalue weighted by Gasteiger charge is 2.20. The molecule has 8 nitrogen and oxygen atoms in total. The number of rotatable bonds is 7. The summed E-state index contributed by atoms with van der Waals surface area (Å²) >= 11 is 0. The summed E-state index contributed by atoms with van der Waals surface area (Å²) in [6, 6.07) is 4.43. The van der Waals surface area contributed by atoms with Crippen LogP contribution < -0.4 is 0 Å². The van der Waals surface area contributed by atoms with Crippen molar-refractivity contribution in [2.24, 2.45) is 7.05 Å². The minimum atomic E-state index is -1.14. The predicted molar refractivity (Wildman–Crippen MR) is 103 cm³/mol. The van der Waals surface area contributed by atoms with Crippen LogP contribution in [0.25, 0.3) is 22.0 Å². The van der Waals surface area contributed by atoms with Crippen LogP contribution in [-0.4, -0.2) is 39.2 Å². The number of nitro groups is 1. The Kier molecular flexibility index (Phi) is 4.92. The maximum absolute atomic E-state index is 11.5. The van der Waals surface area contributed by atoms with Gasteiger partial charge in [0.2, 0.25) is 0 Å². The highest BCUT2D eigenvalue weighted by Crippen LogP contribution is 2.33. The molecule has 0 spiro atoms. The normalized spacial score (nSPS) is 12.0. The Hall–Kier alpha value is -2.52. The van der Waals surface area contributed by atoms with E-state index in [-0.39, 0.29) is 10.6 Å². The first-order valence-electron chi connectivity index (χ1n) is 8.45. The van der Waals surface area contributed by atoms with Crippen LogP contribution in [0.15, 0.2) is 30.7 Å². The van der Waals surface area contributed by atoms with E-state index in [0.717, 1.165) is 16.9 Å². The molecule has 0 amide bonds. The molecule has 0 bridgehead atoms. The minimum absolute atomic E-state index is 0.0460. The number of nitrogens with zero attached hydrogens (tertiary/aromatic N) is 5. The van der Waals surface area contributed by atoms with Gasteiger partial charge in [-0.3, -0.25) is 14.8 Å². The Morgan fingerprint density at radius 3 is 2.62 bits per heavy atom. The van der Waals surface area contributed by atoms with Gasteiger partial charge in [-0.05, 0) is 12.1 Å². The van der Waals surface area contributed by atoms with Crippen molar-refractivity contribution < 1.29 is 9.66 Å². The number of hydrogen-bond donors (Lipinski definition) is 0. The zero-order valence-electron chi connectivity index (χ0n) is 15.5. The van der Waals surface area contributed by atoms with Crippen molar-refractivity contribution in [3.63, 3.8) is 0 Å². The lowest BCUT2D eigenvalue weighted by atomic mass is 10.1. The fourth-order valence-corrected chi connectivity index (χ4v) is 3.45. The van der Waals surface area contributed by atoms with Gasteiger partial charge in [-0.1, -0.05) is 19.6 Å². The summed E-state index contributed by atoms with van der Waals surface area (Å²) in [5, 5.41) is 20.7. The highest BCUT2D eigenvalue weighted by atomic mass is 28.3. The third-order valence-electron chi connectivity index (χ3n) is 4.18. The molecule has 0 fully saturated rings. The standard InChI is InChI=1S/C17H23N5O3Si/c1-20-11-14(10-18-20)15-8-16-13(7-17(15)22(23)24)9-19-21(16)12-25-5-6-26(2,3)4/h7-11H,5-6,12H2,1-4H3. The Balaban J connectivity index is 1.92. The van der Waals surface area contributed by atoms with Crippen LogP contribution in [0, 0.1) is 10.1 Å². The summed E-state index contributed by atoms with van der Waals surface area (Å²) in [6.45, 7) is 7.94. The lowest BCUT2D eigenvalue weighted by Gasteiger charge is -2.15. The average molecular weight is 373 g/mol. The van der Waals surface area contributed by atoms with Crippen LogP contribution in [0.5, 0.6) is 0 Å². The summed E-state index contributed by atoms with van der Waals surface area (Å²) in [5.74, 6) is 0. The molecule has 26 heavy (non-hydrogen) atoms. The SMILES string of the molecule is Cn1cc(-c2cc3c(cnn3COCC[Si](C)(C)C)cc2[N+](=O)[O-])cn1. The number of aryl methyl sites for hydroxylation is 1. The second-order valence-corrected chi connectivity index (χ2v) is 13.2. The van der Waals surface area contributed by atoms with Gasteiger partial charge in [-0.2, -0.15) is 10.2 Å². The van der Waals surface area contributed by atoms with Crippen LogP contribution in [0.4, 0.5) is 5.69 Å². The van der Waals surface area contributed by atoms with Crippen molar-refractivity contribution in [3.05, 3.63) is 40.8 Å². The predicted octanol–water partition coefficient (Wildman–Crippen LogP) is 3.66. The smallest absolute Gasteiger partial charge is 0.278 e. The van der Waals surface area contributed by atoms with E-state index in [1.54, 1.807) is 47.1 Å². The number of ether oxygens (including phenoxy) is 1. The summed E-state index contributed by atoms with van der Waals surface area (Å²) in [5.41, 5.74) is 2.08. The van der Waals surface area contributed by atoms with Gasteiger partial charge in [0.1, 0.15) is 6.73 Å². The fourth-order valence-electron chi connectivity index (χ4n) is 2.69. The first-order valence-corrected chi connectivity index (χ1v) is 12.2. The van der Waals surface area contributed by atoms with Crippen LogP contribution in [-0.2, 0) is 18.5 Å². The molecular formula is C17H23N5O3Si. The van der Waals surface area contributed by atoms with Crippen molar-refractivity contribution >= 4 is 24.7 Å². The highest BCUT2D eigenvalue weighted by molar-refractivity contribution is 6.76. The molecule has 0 saturated carbocycles. The molecule has 1 aromatic carbocycles. The number of aromatic nitrogens is 4. The third-order valence-corrected chi connectivity index (χ3v) is 5.89. The lowest BCUT2D eigenvalue weighted by molar-refractivity contribution is -0.384. The Labute approximate surface area is 152 Å². The molecule has 2 aromatic heterocycles. The lowest BCUT2D eigenvalue weighted by Crippen LogP contribution is -2.22. The monoisotopic (exact) mass is 373 g/mol. The molecule has 0 unspecified atom stereocenters. The van der Waals surface area contributed by atoms with Crippen molar-refractivity contribution in [1.29, 1.82) is 0 Å². The molecule has 0 aliphatic rings. The maximum Gasteiger partial charge on any atom is 0.278 e. The van der Waals surface area contributed by atoms with Crippen molar-refractivity contribution in [2.45, 2.75) is 32.4 Å². The van der Waals surface area contributed by atoms with Gasteiger partial charge in [0, 0.05) is 44.9 Å². The molecule has 9 heteroatoms. The van der Waals surface area contributed by atoms with Crippen LogP contribution in [0.1, 0.15) is 0 Å². The maximum atomic E-state index is 11.5. The quantitative estimate of drug-likeness (QED) is 0.273. The van der Waals surface area contributed by atoms with Crippen LogP contribution in [0.2, 0.25) is 25.7 Å². The molecule has 0 aliphatic carbocycles. The second kappa shape index (κ2) is 7.00. The van der Waals surface area contributed by atoms with Crippen molar-refractivity contribution in [2.75, 3.05) is 6.61 Å². The molecule has 3 aromatic rings. The van der Waals surface area contributed by atoms with E-state index in [4.69, 9.17) is 4.74 Å². The van der Waals surface area contributed by atoms with Gasteiger partial charge in [0.25, 0.3) is 5.69 Å². The largest absolute Gasteiger partial charge is 0.360 e. The molecule has 2 heterocycles. The number of fused-ring (bicyclic) bond motifs is 1. The van der Waals surface area contributed by atoms with E-state index in [9.17, 15) is 10.1 Å². The van der Waals surface area contributed by atoms with E-state index in [2.05, 4.69) is 29.8 Å². The van der Waals surface area contributed by atoms with Crippen molar-refractivity contribution in [1.82, 2.24) is 19.6 Å².